The Bertz CT molecular complexity index is 760. The molecule has 2 aromatic rings. The Kier molecular flexibility index (Phi) is 4.77. The molecule has 1 unspecified atom stereocenters. The van der Waals surface area contributed by atoms with Gasteiger partial charge in [0.25, 0.3) is 5.69 Å². The predicted octanol–water partition coefficient (Wildman–Crippen LogP) is 3.46. The number of nitro groups is 1. The quantitative estimate of drug-likeness (QED) is 0.625. The molecule has 1 atom stereocenters. The zero-order valence-electron chi connectivity index (χ0n) is 10.8. The average molecular weight is 391 g/mol. The first-order valence-electron chi connectivity index (χ1n) is 5.79. The second-order valence-corrected chi connectivity index (χ2v) is 7.65. The Morgan fingerprint density at radius 2 is 2.10 bits per heavy atom. The molecule has 0 aliphatic rings. The molecule has 0 aliphatic heterocycles. The third kappa shape index (κ3) is 3.67. The number of rotatable bonds is 5. The van der Waals surface area contributed by atoms with Crippen LogP contribution in [-0.4, -0.2) is 13.3 Å². The molecule has 6 nitrogen and oxygen atoms in total. The smallest absolute Gasteiger partial charge is 0.258 e. The van der Waals surface area contributed by atoms with E-state index in [1.54, 1.807) is 13.0 Å². The standard InChI is InChI=1S/C12H11BrN2O4S2/c1-8(9-4-5-20-7-9)14-21(18,19)12-6-10(13)2-3-11(12)15(16)17/h2-8,14H,1H3. The van der Waals surface area contributed by atoms with E-state index in [0.717, 1.165) is 11.6 Å². The predicted molar refractivity (Wildman–Crippen MR) is 83.9 cm³/mol. The Labute approximate surface area is 134 Å². The molecule has 112 valence electrons. The molecule has 21 heavy (non-hydrogen) atoms. The minimum atomic E-state index is -4.00. The van der Waals surface area contributed by atoms with Gasteiger partial charge in [0.2, 0.25) is 10.0 Å². The molecule has 0 radical (unpaired) electrons. The minimum absolute atomic E-state index is 0.357. The summed E-state index contributed by atoms with van der Waals surface area (Å²) in [6.07, 6.45) is 0. The maximum Gasteiger partial charge on any atom is 0.289 e. The SMILES string of the molecule is CC(NS(=O)(=O)c1cc(Br)ccc1[N+](=O)[O-])c1ccsc1. The Hall–Kier alpha value is -1.29. The first-order chi connectivity index (χ1) is 9.81. The summed E-state index contributed by atoms with van der Waals surface area (Å²) in [6.45, 7) is 1.68. The number of sulfonamides is 1. The second-order valence-electron chi connectivity index (χ2n) is 4.27. The van der Waals surface area contributed by atoms with Crippen LogP contribution < -0.4 is 4.72 Å². The topological polar surface area (TPSA) is 89.3 Å². The molecular formula is C12H11BrN2O4S2. The van der Waals surface area contributed by atoms with Crippen molar-refractivity contribution >= 4 is 43.0 Å². The van der Waals surface area contributed by atoms with Crippen LogP contribution in [-0.2, 0) is 10.0 Å². The lowest BCUT2D eigenvalue weighted by atomic mass is 10.2. The highest BCUT2D eigenvalue weighted by molar-refractivity contribution is 9.10. The maximum absolute atomic E-state index is 12.4. The molecule has 1 aromatic carbocycles. The van der Waals surface area contributed by atoms with E-state index in [2.05, 4.69) is 20.7 Å². The lowest BCUT2D eigenvalue weighted by Crippen LogP contribution is -2.27. The largest absolute Gasteiger partial charge is 0.289 e. The fourth-order valence-electron chi connectivity index (χ4n) is 1.74. The van der Waals surface area contributed by atoms with Gasteiger partial charge in [0.1, 0.15) is 0 Å². The molecule has 0 aliphatic carbocycles. The normalized spacial score (nSPS) is 13.0. The van der Waals surface area contributed by atoms with E-state index >= 15 is 0 Å². The van der Waals surface area contributed by atoms with Gasteiger partial charge >= 0.3 is 0 Å². The fourth-order valence-corrected chi connectivity index (χ4v) is 4.43. The van der Waals surface area contributed by atoms with Crippen LogP contribution >= 0.6 is 27.3 Å². The molecule has 0 saturated heterocycles. The summed E-state index contributed by atoms with van der Waals surface area (Å²) < 4.78 is 27.7. The Morgan fingerprint density at radius 1 is 1.38 bits per heavy atom. The molecule has 9 heteroatoms. The van der Waals surface area contributed by atoms with Crippen molar-refractivity contribution in [2.24, 2.45) is 0 Å². The Morgan fingerprint density at radius 3 is 2.67 bits per heavy atom. The molecular weight excluding hydrogens is 380 g/mol. The highest BCUT2D eigenvalue weighted by Gasteiger charge is 2.27. The first-order valence-corrected chi connectivity index (χ1v) is 9.01. The summed E-state index contributed by atoms with van der Waals surface area (Å²) in [5.41, 5.74) is 0.351. The summed E-state index contributed by atoms with van der Waals surface area (Å²) in [6, 6.07) is 5.14. The van der Waals surface area contributed by atoms with Gasteiger partial charge in [-0.15, -0.1) is 0 Å². The zero-order chi connectivity index (χ0) is 15.6. The van der Waals surface area contributed by atoms with Crippen molar-refractivity contribution in [3.05, 3.63) is 55.2 Å². The van der Waals surface area contributed by atoms with E-state index < -0.39 is 26.7 Å². The van der Waals surface area contributed by atoms with E-state index in [1.807, 2.05) is 10.8 Å². The van der Waals surface area contributed by atoms with Gasteiger partial charge < -0.3 is 0 Å². The molecule has 0 bridgehead atoms. The molecule has 0 fully saturated rings. The summed E-state index contributed by atoms with van der Waals surface area (Å²) in [5, 5.41) is 14.7. The van der Waals surface area contributed by atoms with Gasteiger partial charge in [-0.25, -0.2) is 13.1 Å². The maximum atomic E-state index is 12.4. The van der Waals surface area contributed by atoms with Crippen LogP contribution in [0.1, 0.15) is 18.5 Å². The summed E-state index contributed by atoms with van der Waals surface area (Å²) in [7, 11) is -4.00. The summed E-state index contributed by atoms with van der Waals surface area (Å²) in [4.78, 5) is 9.92. The van der Waals surface area contributed by atoms with Crippen LogP contribution in [0.4, 0.5) is 5.69 Å². The van der Waals surface area contributed by atoms with E-state index in [4.69, 9.17) is 0 Å². The molecule has 2 rings (SSSR count). The number of hydrogen-bond donors (Lipinski definition) is 1. The molecule has 1 aromatic heterocycles. The van der Waals surface area contributed by atoms with Gasteiger partial charge in [0.05, 0.1) is 4.92 Å². The number of nitrogens with zero attached hydrogens (tertiary/aromatic N) is 1. The Balaban J connectivity index is 2.40. The first kappa shape index (κ1) is 16.1. The van der Waals surface area contributed by atoms with Crippen LogP contribution in [0, 0.1) is 10.1 Å². The molecule has 1 heterocycles. The van der Waals surface area contributed by atoms with E-state index in [9.17, 15) is 18.5 Å². The van der Waals surface area contributed by atoms with Gasteiger partial charge in [-0.05, 0) is 41.4 Å². The van der Waals surface area contributed by atoms with Crippen molar-refractivity contribution in [1.82, 2.24) is 4.72 Å². The van der Waals surface area contributed by atoms with E-state index in [1.165, 1.54) is 23.5 Å². The van der Waals surface area contributed by atoms with E-state index in [0.29, 0.717) is 4.47 Å². The van der Waals surface area contributed by atoms with Gasteiger partial charge in [0, 0.05) is 16.6 Å². The monoisotopic (exact) mass is 390 g/mol. The summed E-state index contributed by atoms with van der Waals surface area (Å²) in [5.74, 6) is 0. The third-order valence-corrected chi connectivity index (χ3v) is 5.55. The summed E-state index contributed by atoms with van der Waals surface area (Å²) >= 11 is 4.58. The number of thiophene rings is 1. The van der Waals surface area contributed by atoms with Gasteiger partial charge in [-0.2, -0.15) is 11.3 Å². The number of benzene rings is 1. The highest BCUT2D eigenvalue weighted by Crippen LogP contribution is 2.28. The van der Waals surface area contributed by atoms with Crippen molar-refractivity contribution < 1.29 is 13.3 Å². The van der Waals surface area contributed by atoms with Crippen LogP contribution in [0.3, 0.4) is 0 Å². The second kappa shape index (κ2) is 6.22. The van der Waals surface area contributed by atoms with Crippen LogP contribution in [0.5, 0.6) is 0 Å². The van der Waals surface area contributed by atoms with E-state index in [-0.39, 0.29) is 4.90 Å². The molecule has 0 saturated carbocycles. The number of hydrogen-bond acceptors (Lipinski definition) is 5. The van der Waals surface area contributed by atoms with Crippen LogP contribution in [0.15, 0.2) is 44.4 Å². The molecule has 0 spiro atoms. The van der Waals surface area contributed by atoms with Crippen molar-refractivity contribution in [1.29, 1.82) is 0 Å². The van der Waals surface area contributed by atoms with Crippen molar-refractivity contribution in [2.75, 3.05) is 0 Å². The minimum Gasteiger partial charge on any atom is -0.258 e. The van der Waals surface area contributed by atoms with Crippen LogP contribution in [0.2, 0.25) is 0 Å². The lowest BCUT2D eigenvalue weighted by Gasteiger charge is -2.13. The fraction of sp³-hybridized carbons (Fsp3) is 0.167. The number of nitrogens with one attached hydrogen (secondary N) is 1. The highest BCUT2D eigenvalue weighted by atomic mass is 79.9. The number of halogens is 1. The van der Waals surface area contributed by atoms with Crippen molar-refractivity contribution in [2.45, 2.75) is 17.9 Å². The molecule has 1 N–H and O–H groups in total. The third-order valence-electron chi connectivity index (χ3n) is 2.78. The van der Waals surface area contributed by atoms with Crippen LogP contribution in [0.25, 0.3) is 0 Å². The lowest BCUT2D eigenvalue weighted by molar-refractivity contribution is -0.387. The van der Waals surface area contributed by atoms with Gasteiger partial charge in [-0.1, -0.05) is 15.9 Å². The molecule has 0 amide bonds. The average Bonchev–Trinajstić information content (AvgIpc) is 2.91. The van der Waals surface area contributed by atoms with Crippen molar-refractivity contribution in [3.63, 3.8) is 0 Å². The number of nitro benzene ring substituents is 1. The van der Waals surface area contributed by atoms with Crippen molar-refractivity contribution in [3.8, 4) is 0 Å². The van der Waals surface area contributed by atoms with Gasteiger partial charge in [-0.3, -0.25) is 10.1 Å². The van der Waals surface area contributed by atoms with Gasteiger partial charge in [0.15, 0.2) is 4.90 Å². The zero-order valence-corrected chi connectivity index (χ0v) is 14.0.